The number of carboxylic acid groups (broad SMARTS) is 2. The van der Waals surface area contributed by atoms with Gasteiger partial charge in [0.25, 0.3) is 0 Å². The van der Waals surface area contributed by atoms with E-state index in [0.29, 0.717) is 0 Å². The Morgan fingerprint density at radius 3 is 2.11 bits per heavy atom. The van der Waals surface area contributed by atoms with Crippen LogP contribution in [0.5, 0.6) is 0 Å². The minimum Gasteiger partial charge on any atom is -0.481 e. The molecule has 0 aliphatic heterocycles. The Labute approximate surface area is 122 Å². The molecule has 1 aromatic carbocycles. The number of rotatable bonds is 4. The molecule has 0 atom stereocenters. The van der Waals surface area contributed by atoms with Crippen molar-refractivity contribution in [3.8, 4) is 0 Å². The van der Waals surface area contributed by atoms with Gasteiger partial charge in [0.2, 0.25) is 0 Å². The first-order chi connectivity index (χ1) is 8.27. The number of halogens is 3. The third kappa shape index (κ3) is 3.03. The molecule has 98 valence electrons. The molecule has 0 fully saturated rings. The number of hydrogen-bond donors (Lipinski definition) is 2. The summed E-state index contributed by atoms with van der Waals surface area (Å²) >= 11 is 18.4. The molecular weight excluding hydrogens is 323 g/mol. The van der Waals surface area contributed by atoms with Crippen molar-refractivity contribution in [3.05, 3.63) is 26.2 Å². The molecule has 0 heterocycles. The fraction of sp³-hybridized carbons (Fsp3) is 0.200. The molecule has 0 saturated heterocycles. The van der Waals surface area contributed by atoms with Crippen LogP contribution in [0.3, 0.4) is 0 Å². The molecule has 0 unspecified atom stereocenters. The Balaban J connectivity index is 3.46. The summed E-state index contributed by atoms with van der Waals surface area (Å²) in [5, 5.41) is 17.8. The van der Waals surface area contributed by atoms with Crippen LogP contribution >= 0.6 is 46.6 Å². The smallest absolute Gasteiger partial charge is 0.337 e. The summed E-state index contributed by atoms with van der Waals surface area (Å²) < 4.78 is 0. The van der Waals surface area contributed by atoms with Crippen LogP contribution in [0, 0.1) is 6.92 Å². The van der Waals surface area contributed by atoms with Crippen molar-refractivity contribution < 1.29 is 19.8 Å². The summed E-state index contributed by atoms with van der Waals surface area (Å²) in [5.74, 6) is -2.64. The van der Waals surface area contributed by atoms with Crippen LogP contribution in [0.25, 0.3) is 0 Å². The summed E-state index contributed by atoms with van der Waals surface area (Å²) in [6, 6.07) is 0. The van der Waals surface area contributed by atoms with E-state index < -0.39 is 11.9 Å². The van der Waals surface area contributed by atoms with Gasteiger partial charge in [-0.25, -0.2) is 4.79 Å². The average molecular weight is 330 g/mol. The maximum absolute atomic E-state index is 11.2. The first-order valence-electron chi connectivity index (χ1n) is 4.52. The number of thioether (sulfide) groups is 1. The molecule has 1 rings (SSSR count). The molecule has 0 spiro atoms. The van der Waals surface area contributed by atoms with E-state index in [9.17, 15) is 9.59 Å². The highest BCUT2D eigenvalue weighted by Gasteiger charge is 2.24. The molecule has 0 saturated carbocycles. The summed E-state index contributed by atoms with van der Waals surface area (Å²) in [4.78, 5) is 21.8. The fourth-order valence-corrected chi connectivity index (χ4v) is 3.04. The van der Waals surface area contributed by atoms with Crippen molar-refractivity contribution in [1.82, 2.24) is 0 Å². The van der Waals surface area contributed by atoms with Crippen molar-refractivity contribution in [2.24, 2.45) is 0 Å². The van der Waals surface area contributed by atoms with Crippen LogP contribution in [-0.4, -0.2) is 27.9 Å². The Morgan fingerprint density at radius 1 is 1.11 bits per heavy atom. The third-order valence-electron chi connectivity index (χ3n) is 2.07. The Bertz CT molecular complexity index is 531. The topological polar surface area (TPSA) is 74.6 Å². The monoisotopic (exact) mass is 328 g/mol. The maximum atomic E-state index is 11.2. The quantitative estimate of drug-likeness (QED) is 0.648. The second-order valence-corrected chi connectivity index (χ2v) is 5.38. The predicted octanol–water partition coefficient (Wildman–Crippen LogP) is 3.83. The zero-order valence-corrected chi connectivity index (χ0v) is 12.0. The molecule has 4 nitrogen and oxygen atoms in total. The largest absolute Gasteiger partial charge is 0.481 e. The highest BCUT2D eigenvalue weighted by molar-refractivity contribution is 8.00. The van der Waals surface area contributed by atoms with E-state index in [0.717, 1.165) is 11.8 Å². The molecule has 8 heteroatoms. The van der Waals surface area contributed by atoms with Gasteiger partial charge in [0.05, 0.1) is 26.4 Å². The van der Waals surface area contributed by atoms with Gasteiger partial charge in [0.15, 0.2) is 0 Å². The standard InChI is InChI=1S/C10H7Cl3O4S/c1-3-5(10(16)17)9(18-2-4(14)15)8(13)7(12)6(3)11/h2H2,1H3,(H,14,15)(H,16,17). The number of aromatic carboxylic acids is 1. The van der Waals surface area contributed by atoms with Gasteiger partial charge in [0.1, 0.15) is 0 Å². The first-order valence-corrected chi connectivity index (χ1v) is 6.64. The normalized spacial score (nSPS) is 10.4. The van der Waals surface area contributed by atoms with Gasteiger partial charge in [-0.05, 0) is 12.5 Å². The van der Waals surface area contributed by atoms with Gasteiger partial charge in [-0.2, -0.15) is 0 Å². The molecule has 1 aromatic rings. The summed E-state index contributed by atoms with van der Waals surface area (Å²) in [5.41, 5.74) is 0.132. The second-order valence-electron chi connectivity index (χ2n) is 3.26. The minimum absolute atomic E-state index is 0.0220. The first kappa shape index (κ1) is 15.4. The van der Waals surface area contributed by atoms with Crippen molar-refractivity contribution in [2.45, 2.75) is 11.8 Å². The zero-order valence-electron chi connectivity index (χ0n) is 8.96. The molecular formula is C10H7Cl3O4S. The lowest BCUT2D eigenvalue weighted by atomic mass is 10.1. The van der Waals surface area contributed by atoms with Gasteiger partial charge in [-0.3, -0.25) is 4.79 Å². The van der Waals surface area contributed by atoms with Crippen molar-refractivity contribution >= 4 is 58.5 Å². The second kappa shape index (κ2) is 6.02. The van der Waals surface area contributed by atoms with E-state index in [2.05, 4.69) is 0 Å². The van der Waals surface area contributed by atoms with Crippen molar-refractivity contribution in [3.63, 3.8) is 0 Å². The van der Waals surface area contributed by atoms with Crippen LogP contribution in [0.2, 0.25) is 15.1 Å². The number of carboxylic acids is 2. The fourth-order valence-electron chi connectivity index (χ4n) is 1.28. The van der Waals surface area contributed by atoms with E-state index in [1.807, 2.05) is 0 Å². The molecule has 18 heavy (non-hydrogen) atoms. The van der Waals surface area contributed by atoms with E-state index in [1.165, 1.54) is 6.92 Å². The number of aliphatic carboxylic acids is 1. The van der Waals surface area contributed by atoms with Gasteiger partial charge >= 0.3 is 11.9 Å². The lowest BCUT2D eigenvalue weighted by Crippen LogP contribution is -2.06. The molecule has 0 aliphatic carbocycles. The summed E-state index contributed by atoms with van der Waals surface area (Å²) in [7, 11) is 0. The van der Waals surface area contributed by atoms with Gasteiger partial charge in [0, 0.05) is 4.90 Å². The lowest BCUT2D eigenvalue weighted by molar-refractivity contribution is -0.133. The summed E-state index contributed by atoms with van der Waals surface area (Å²) in [6.45, 7) is 1.48. The Kier molecular flexibility index (Phi) is 5.16. The lowest BCUT2D eigenvalue weighted by Gasteiger charge is -2.13. The maximum Gasteiger partial charge on any atom is 0.337 e. The minimum atomic E-state index is -1.24. The van der Waals surface area contributed by atoms with Crippen molar-refractivity contribution in [2.75, 3.05) is 5.75 Å². The molecule has 0 radical (unpaired) electrons. The van der Waals surface area contributed by atoms with Crippen molar-refractivity contribution in [1.29, 1.82) is 0 Å². The van der Waals surface area contributed by atoms with E-state index in [1.54, 1.807) is 0 Å². The van der Waals surface area contributed by atoms with Crippen LogP contribution < -0.4 is 0 Å². The van der Waals surface area contributed by atoms with Gasteiger partial charge in [-0.1, -0.05) is 34.8 Å². The highest BCUT2D eigenvalue weighted by Crippen LogP contribution is 2.43. The van der Waals surface area contributed by atoms with Gasteiger partial charge < -0.3 is 10.2 Å². The Hall–Kier alpha value is -0.620. The number of benzene rings is 1. The zero-order chi connectivity index (χ0) is 14.0. The predicted molar refractivity (Wildman–Crippen MR) is 71.5 cm³/mol. The third-order valence-corrected chi connectivity index (χ3v) is 4.69. The van der Waals surface area contributed by atoms with Crippen LogP contribution in [0.4, 0.5) is 0 Å². The number of carbonyl (C=O) groups is 2. The molecule has 0 aromatic heterocycles. The molecule has 2 N–H and O–H groups in total. The molecule has 0 amide bonds. The Morgan fingerprint density at radius 2 is 1.67 bits per heavy atom. The molecule has 0 aliphatic rings. The van der Waals surface area contributed by atoms with E-state index in [-0.39, 0.29) is 36.8 Å². The van der Waals surface area contributed by atoms with Crippen LogP contribution in [0.15, 0.2) is 4.90 Å². The van der Waals surface area contributed by atoms with E-state index >= 15 is 0 Å². The van der Waals surface area contributed by atoms with E-state index in [4.69, 9.17) is 45.0 Å². The SMILES string of the molecule is Cc1c(Cl)c(Cl)c(Cl)c(SCC(=O)O)c1C(=O)O. The van der Waals surface area contributed by atoms with Crippen LogP contribution in [0.1, 0.15) is 15.9 Å². The molecule has 0 bridgehead atoms. The number of hydrogen-bond acceptors (Lipinski definition) is 3. The van der Waals surface area contributed by atoms with Crippen LogP contribution in [-0.2, 0) is 4.79 Å². The highest BCUT2D eigenvalue weighted by atomic mass is 35.5. The average Bonchev–Trinajstić information content (AvgIpc) is 2.28. The van der Waals surface area contributed by atoms with Gasteiger partial charge in [-0.15, -0.1) is 11.8 Å². The summed E-state index contributed by atoms with van der Waals surface area (Å²) in [6.07, 6.45) is 0.